The predicted molar refractivity (Wildman–Crippen MR) is 54.8 cm³/mol. The number of nitrogens with zero attached hydrogens (tertiary/aromatic N) is 1. The van der Waals surface area contributed by atoms with Crippen molar-refractivity contribution < 1.29 is 0 Å². The van der Waals surface area contributed by atoms with Gasteiger partial charge in [0.05, 0.1) is 10.6 Å². The van der Waals surface area contributed by atoms with Gasteiger partial charge in [-0.15, -0.1) is 0 Å². The van der Waals surface area contributed by atoms with Crippen LogP contribution >= 0.6 is 23.2 Å². The Morgan fingerprint density at radius 2 is 2.23 bits per heavy atom. The summed E-state index contributed by atoms with van der Waals surface area (Å²) in [4.78, 5) is 3.86. The van der Waals surface area contributed by atoms with E-state index < -0.39 is 0 Å². The summed E-state index contributed by atoms with van der Waals surface area (Å²) < 4.78 is 0. The number of nitrogens with two attached hydrogens (primary N) is 1. The van der Waals surface area contributed by atoms with Crippen molar-refractivity contribution in [1.82, 2.24) is 4.98 Å². The van der Waals surface area contributed by atoms with E-state index in [2.05, 4.69) is 16.8 Å². The predicted octanol–water partition coefficient (Wildman–Crippen LogP) is 2.09. The maximum Gasteiger partial charge on any atom is 0.144 e. The molecule has 0 aromatic carbocycles. The summed E-state index contributed by atoms with van der Waals surface area (Å²) in [6.07, 6.45) is 2.13. The molecule has 2 N–H and O–H groups in total. The minimum absolute atomic E-state index is 0.369. The monoisotopic (exact) mass is 214 g/mol. The van der Waals surface area contributed by atoms with E-state index in [-0.39, 0.29) is 0 Å². The summed E-state index contributed by atoms with van der Waals surface area (Å²) in [6, 6.07) is 1.68. The fourth-order valence-electron chi connectivity index (χ4n) is 0.740. The quantitative estimate of drug-likeness (QED) is 0.575. The first kappa shape index (κ1) is 10.3. The van der Waals surface area contributed by atoms with Gasteiger partial charge in [0.1, 0.15) is 5.15 Å². The molecular formula is C9H8Cl2N2. The summed E-state index contributed by atoms with van der Waals surface area (Å²) in [5.41, 5.74) is 5.92. The van der Waals surface area contributed by atoms with Crippen molar-refractivity contribution in [2.45, 2.75) is 6.42 Å². The topological polar surface area (TPSA) is 38.9 Å². The minimum atomic E-state index is 0.369. The Morgan fingerprint density at radius 3 is 2.92 bits per heavy atom. The third-order valence-corrected chi connectivity index (χ3v) is 1.81. The maximum atomic E-state index is 5.77. The zero-order chi connectivity index (χ0) is 9.68. The highest BCUT2D eigenvalue weighted by atomic mass is 35.5. The highest BCUT2D eigenvalue weighted by molar-refractivity contribution is 6.32. The van der Waals surface area contributed by atoms with Crippen LogP contribution < -0.4 is 5.73 Å². The Hall–Kier alpha value is -0.750. The van der Waals surface area contributed by atoms with Gasteiger partial charge in [0, 0.05) is 19.2 Å². The first-order valence-corrected chi connectivity index (χ1v) is 4.49. The largest absolute Gasteiger partial charge is 0.330 e. The van der Waals surface area contributed by atoms with Crippen LogP contribution in [0.3, 0.4) is 0 Å². The van der Waals surface area contributed by atoms with Crippen molar-refractivity contribution in [3.63, 3.8) is 0 Å². The van der Waals surface area contributed by atoms with E-state index in [1.54, 1.807) is 6.07 Å². The van der Waals surface area contributed by atoms with Crippen LogP contribution in [0, 0.1) is 11.8 Å². The molecule has 0 fully saturated rings. The van der Waals surface area contributed by atoms with E-state index >= 15 is 0 Å². The molecule has 13 heavy (non-hydrogen) atoms. The lowest BCUT2D eigenvalue weighted by Gasteiger charge is -1.94. The van der Waals surface area contributed by atoms with Crippen molar-refractivity contribution in [1.29, 1.82) is 0 Å². The van der Waals surface area contributed by atoms with Crippen LogP contribution in [0.4, 0.5) is 0 Å². The van der Waals surface area contributed by atoms with Crippen molar-refractivity contribution in [3.8, 4) is 11.8 Å². The van der Waals surface area contributed by atoms with E-state index in [1.807, 2.05) is 0 Å². The average molecular weight is 215 g/mol. The van der Waals surface area contributed by atoms with Gasteiger partial charge < -0.3 is 5.73 Å². The van der Waals surface area contributed by atoms with E-state index in [0.717, 1.165) is 0 Å². The van der Waals surface area contributed by atoms with Crippen LogP contribution in [0.15, 0.2) is 12.3 Å². The van der Waals surface area contributed by atoms with E-state index in [4.69, 9.17) is 28.9 Å². The van der Waals surface area contributed by atoms with E-state index in [1.165, 1.54) is 6.20 Å². The Kier molecular flexibility index (Phi) is 4.04. The van der Waals surface area contributed by atoms with Crippen molar-refractivity contribution in [2.75, 3.05) is 6.54 Å². The zero-order valence-corrected chi connectivity index (χ0v) is 8.36. The Morgan fingerprint density at radius 1 is 1.46 bits per heavy atom. The van der Waals surface area contributed by atoms with E-state index in [9.17, 15) is 0 Å². The molecule has 0 bridgehead atoms. The molecule has 1 aromatic rings. The van der Waals surface area contributed by atoms with Gasteiger partial charge in [0.2, 0.25) is 0 Å². The summed E-state index contributed by atoms with van der Waals surface area (Å²) in [5.74, 6) is 5.71. The Labute approximate surface area is 87.1 Å². The van der Waals surface area contributed by atoms with Gasteiger partial charge in [0.25, 0.3) is 0 Å². The maximum absolute atomic E-state index is 5.77. The van der Waals surface area contributed by atoms with Gasteiger partial charge in [-0.25, -0.2) is 4.98 Å². The molecule has 0 aliphatic rings. The molecule has 0 radical (unpaired) electrons. The lowest BCUT2D eigenvalue weighted by atomic mass is 10.3. The van der Waals surface area contributed by atoms with Crippen LogP contribution in [0.5, 0.6) is 0 Å². The highest BCUT2D eigenvalue weighted by Crippen LogP contribution is 2.16. The zero-order valence-electron chi connectivity index (χ0n) is 6.85. The van der Waals surface area contributed by atoms with E-state index in [0.29, 0.717) is 28.7 Å². The molecule has 0 unspecified atom stereocenters. The van der Waals surface area contributed by atoms with Crippen LogP contribution in [0.2, 0.25) is 10.2 Å². The Balaban J connectivity index is 2.89. The lowest BCUT2D eigenvalue weighted by Crippen LogP contribution is -1.95. The molecule has 1 heterocycles. The first-order chi connectivity index (χ1) is 6.24. The van der Waals surface area contributed by atoms with Gasteiger partial charge >= 0.3 is 0 Å². The molecule has 0 atom stereocenters. The van der Waals surface area contributed by atoms with Gasteiger partial charge in [-0.1, -0.05) is 35.0 Å². The van der Waals surface area contributed by atoms with Gasteiger partial charge in [-0.2, -0.15) is 0 Å². The number of pyridine rings is 1. The second-order valence-electron chi connectivity index (χ2n) is 2.33. The Bertz CT molecular complexity index is 352. The highest BCUT2D eigenvalue weighted by Gasteiger charge is 1.98. The van der Waals surface area contributed by atoms with Gasteiger partial charge in [-0.3, -0.25) is 0 Å². The number of hydrogen-bond acceptors (Lipinski definition) is 2. The second kappa shape index (κ2) is 5.08. The number of aromatic nitrogens is 1. The summed E-state index contributed by atoms with van der Waals surface area (Å²) in [7, 11) is 0. The summed E-state index contributed by atoms with van der Waals surface area (Å²) in [5, 5.41) is 0.898. The van der Waals surface area contributed by atoms with Crippen molar-refractivity contribution in [3.05, 3.63) is 28.0 Å². The molecule has 4 heteroatoms. The molecule has 0 spiro atoms. The molecular weight excluding hydrogens is 207 g/mol. The summed E-state index contributed by atoms with van der Waals surface area (Å²) >= 11 is 11.5. The minimum Gasteiger partial charge on any atom is -0.330 e. The van der Waals surface area contributed by atoms with Crippen LogP contribution in [-0.2, 0) is 0 Å². The first-order valence-electron chi connectivity index (χ1n) is 3.74. The van der Waals surface area contributed by atoms with Gasteiger partial charge in [-0.05, 0) is 6.07 Å². The molecule has 0 aliphatic heterocycles. The lowest BCUT2D eigenvalue weighted by molar-refractivity contribution is 1.03. The van der Waals surface area contributed by atoms with Gasteiger partial charge in [0.15, 0.2) is 0 Å². The molecule has 68 valence electrons. The third-order valence-electron chi connectivity index (χ3n) is 1.30. The SMILES string of the molecule is NCCC#Cc1cc(Cl)cnc1Cl. The van der Waals surface area contributed by atoms with Crippen molar-refractivity contribution in [2.24, 2.45) is 5.73 Å². The standard InChI is InChI=1S/C9H8Cl2N2/c10-8-5-7(3-1-2-4-12)9(11)13-6-8/h5-6H,2,4,12H2. The third kappa shape index (κ3) is 3.23. The molecule has 0 amide bonds. The van der Waals surface area contributed by atoms with Crippen LogP contribution in [0.25, 0.3) is 0 Å². The summed E-state index contributed by atoms with van der Waals surface area (Å²) in [6.45, 7) is 0.540. The van der Waals surface area contributed by atoms with Crippen LogP contribution in [-0.4, -0.2) is 11.5 Å². The van der Waals surface area contributed by atoms with Crippen molar-refractivity contribution >= 4 is 23.2 Å². The average Bonchev–Trinajstić information content (AvgIpc) is 2.11. The molecule has 0 aliphatic carbocycles. The second-order valence-corrected chi connectivity index (χ2v) is 3.13. The number of halogens is 2. The smallest absolute Gasteiger partial charge is 0.144 e. The molecule has 2 nitrogen and oxygen atoms in total. The fraction of sp³-hybridized carbons (Fsp3) is 0.222. The molecule has 0 saturated heterocycles. The fourth-order valence-corrected chi connectivity index (χ4v) is 1.05. The normalized spacial score (nSPS) is 9.15. The molecule has 1 aromatic heterocycles. The van der Waals surface area contributed by atoms with Crippen LogP contribution in [0.1, 0.15) is 12.0 Å². The number of rotatable bonds is 1. The molecule has 0 saturated carbocycles. The number of hydrogen-bond donors (Lipinski definition) is 1. The molecule has 1 rings (SSSR count).